The number of aryl methyl sites for hydroxylation is 3. The molecule has 0 amide bonds. The number of rotatable bonds is 5. The van der Waals surface area contributed by atoms with Crippen molar-refractivity contribution in [2.75, 3.05) is 18.1 Å². The van der Waals surface area contributed by atoms with Gasteiger partial charge in [0, 0.05) is 28.0 Å². The fourth-order valence-electron chi connectivity index (χ4n) is 3.04. The van der Waals surface area contributed by atoms with Gasteiger partial charge in [-0.2, -0.15) is 23.5 Å². The van der Waals surface area contributed by atoms with E-state index in [0.29, 0.717) is 11.3 Å². The third kappa shape index (κ3) is 4.20. The number of thioether (sulfide) groups is 2. The third-order valence-electron chi connectivity index (χ3n) is 4.40. The summed E-state index contributed by atoms with van der Waals surface area (Å²) in [7, 11) is 0. The first-order valence-electron chi connectivity index (χ1n) is 8.09. The van der Waals surface area contributed by atoms with Crippen LogP contribution in [0.2, 0.25) is 0 Å². The van der Waals surface area contributed by atoms with Crippen molar-refractivity contribution in [3.63, 3.8) is 0 Å². The minimum Gasteiger partial charge on any atom is -0.309 e. The van der Waals surface area contributed by atoms with E-state index in [2.05, 4.69) is 75.6 Å². The van der Waals surface area contributed by atoms with Crippen LogP contribution in [0.3, 0.4) is 0 Å². The highest BCUT2D eigenvalue weighted by Crippen LogP contribution is 2.39. The molecule has 3 unspecified atom stereocenters. The molecule has 1 aliphatic rings. The molecule has 1 heterocycles. The summed E-state index contributed by atoms with van der Waals surface area (Å²) >= 11 is 4.30. The van der Waals surface area contributed by atoms with Crippen molar-refractivity contribution in [3.8, 4) is 0 Å². The molecule has 1 aromatic carbocycles. The van der Waals surface area contributed by atoms with Crippen LogP contribution >= 0.6 is 23.5 Å². The van der Waals surface area contributed by atoms with Gasteiger partial charge < -0.3 is 5.32 Å². The summed E-state index contributed by atoms with van der Waals surface area (Å²) in [5.41, 5.74) is 5.78. The highest BCUT2D eigenvalue weighted by molar-refractivity contribution is 8.07. The van der Waals surface area contributed by atoms with Crippen molar-refractivity contribution >= 4 is 23.5 Å². The van der Waals surface area contributed by atoms with Crippen LogP contribution in [0.5, 0.6) is 0 Å². The van der Waals surface area contributed by atoms with Gasteiger partial charge in [0.2, 0.25) is 0 Å². The monoisotopic (exact) mass is 323 g/mol. The fourth-order valence-corrected chi connectivity index (χ4v) is 5.97. The zero-order chi connectivity index (χ0) is 15.4. The molecule has 0 bridgehead atoms. The average Bonchev–Trinajstić information content (AvgIpc) is 2.46. The van der Waals surface area contributed by atoms with E-state index in [4.69, 9.17) is 0 Å². The largest absolute Gasteiger partial charge is 0.309 e. The zero-order valence-electron chi connectivity index (χ0n) is 14.0. The van der Waals surface area contributed by atoms with Gasteiger partial charge >= 0.3 is 0 Å². The second-order valence-electron chi connectivity index (χ2n) is 6.14. The van der Waals surface area contributed by atoms with E-state index in [1.165, 1.54) is 40.2 Å². The molecule has 1 nitrogen and oxygen atoms in total. The summed E-state index contributed by atoms with van der Waals surface area (Å²) in [6.45, 7) is 12.5. The van der Waals surface area contributed by atoms with E-state index in [1.807, 2.05) is 0 Å². The lowest BCUT2D eigenvalue weighted by atomic mass is 9.93. The van der Waals surface area contributed by atoms with Crippen LogP contribution in [-0.4, -0.2) is 28.6 Å². The summed E-state index contributed by atoms with van der Waals surface area (Å²) in [6, 6.07) is 5.26. The Labute approximate surface area is 139 Å². The highest BCUT2D eigenvalue weighted by Gasteiger charge is 2.31. The van der Waals surface area contributed by atoms with Crippen LogP contribution in [0.1, 0.15) is 48.6 Å². The van der Waals surface area contributed by atoms with E-state index in [-0.39, 0.29) is 0 Å². The van der Waals surface area contributed by atoms with Crippen LogP contribution in [0.4, 0.5) is 0 Å². The normalized spacial score (nSPS) is 24.0. The third-order valence-corrected chi connectivity index (χ3v) is 7.59. The van der Waals surface area contributed by atoms with Crippen LogP contribution in [0, 0.1) is 20.8 Å². The zero-order valence-corrected chi connectivity index (χ0v) is 15.7. The number of hydrogen-bond acceptors (Lipinski definition) is 3. The van der Waals surface area contributed by atoms with Gasteiger partial charge in [-0.3, -0.25) is 0 Å². The summed E-state index contributed by atoms with van der Waals surface area (Å²) in [6.07, 6.45) is 1.19. The minimum atomic E-state index is 0.483. The lowest BCUT2D eigenvalue weighted by Crippen LogP contribution is -2.38. The Balaban J connectivity index is 2.32. The molecule has 0 radical (unpaired) electrons. The maximum atomic E-state index is 3.84. The summed E-state index contributed by atoms with van der Waals surface area (Å²) < 4.78 is 0. The smallest absolute Gasteiger partial charge is 0.0454 e. The lowest BCUT2D eigenvalue weighted by Gasteiger charge is -2.36. The van der Waals surface area contributed by atoms with Gasteiger partial charge in [0.25, 0.3) is 0 Å². The Kier molecular flexibility index (Phi) is 6.51. The van der Waals surface area contributed by atoms with Gasteiger partial charge in [-0.1, -0.05) is 26.0 Å². The van der Waals surface area contributed by atoms with Gasteiger partial charge in [-0.25, -0.2) is 0 Å². The first-order valence-corrected chi connectivity index (χ1v) is 10.2. The van der Waals surface area contributed by atoms with E-state index in [9.17, 15) is 0 Å². The van der Waals surface area contributed by atoms with Crippen LogP contribution in [0.25, 0.3) is 0 Å². The number of nitrogens with one attached hydrogen (secondary N) is 1. The molecule has 2 rings (SSSR count). The van der Waals surface area contributed by atoms with E-state index >= 15 is 0 Å². The standard InChI is InChI=1S/C18H29NS2/c1-6-7-19-17(18-15(5)20-8-9-21-18)16-11-13(3)12(2)10-14(16)4/h10-11,15,17-19H,6-9H2,1-5H3. The van der Waals surface area contributed by atoms with E-state index < -0.39 is 0 Å². The highest BCUT2D eigenvalue weighted by atomic mass is 32.2. The maximum absolute atomic E-state index is 3.84. The molecule has 0 aromatic heterocycles. The molecule has 3 heteroatoms. The van der Waals surface area contributed by atoms with E-state index in [1.54, 1.807) is 0 Å². The Morgan fingerprint density at radius 2 is 1.76 bits per heavy atom. The predicted molar refractivity (Wildman–Crippen MR) is 99.9 cm³/mol. The average molecular weight is 324 g/mol. The quantitative estimate of drug-likeness (QED) is 0.828. The number of benzene rings is 1. The SMILES string of the molecule is CCCNC(c1cc(C)c(C)cc1C)C1SCCSC1C. The molecule has 1 saturated heterocycles. The molecule has 21 heavy (non-hydrogen) atoms. The van der Waals surface area contributed by atoms with Crippen LogP contribution in [0.15, 0.2) is 12.1 Å². The molecule has 1 aliphatic heterocycles. The summed E-state index contributed by atoms with van der Waals surface area (Å²) in [5, 5.41) is 5.24. The molecular weight excluding hydrogens is 294 g/mol. The first kappa shape index (κ1) is 17.2. The van der Waals surface area contributed by atoms with Crippen molar-refractivity contribution < 1.29 is 0 Å². The summed E-state index contributed by atoms with van der Waals surface area (Å²) in [4.78, 5) is 0. The molecule has 3 atom stereocenters. The molecule has 0 spiro atoms. The molecule has 118 valence electrons. The predicted octanol–water partition coefficient (Wildman–Crippen LogP) is 4.89. The van der Waals surface area contributed by atoms with Gasteiger partial charge in [-0.05, 0) is 56.0 Å². The van der Waals surface area contributed by atoms with Crippen molar-refractivity contribution in [2.45, 2.75) is 57.6 Å². The van der Waals surface area contributed by atoms with Crippen molar-refractivity contribution in [1.82, 2.24) is 5.32 Å². The molecule has 1 N–H and O–H groups in total. The molecule has 1 fully saturated rings. The van der Waals surface area contributed by atoms with Gasteiger partial charge in [0.05, 0.1) is 0 Å². The minimum absolute atomic E-state index is 0.483. The van der Waals surface area contributed by atoms with Crippen LogP contribution < -0.4 is 5.32 Å². The fraction of sp³-hybridized carbons (Fsp3) is 0.667. The molecular formula is C18H29NS2. The van der Waals surface area contributed by atoms with Gasteiger partial charge in [0.15, 0.2) is 0 Å². The van der Waals surface area contributed by atoms with Crippen molar-refractivity contribution in [1.29, 1.82) is 0 Å². The van der Waals surface area contributed by atoms with Gasteiger partial charge in [-0.15, -0.1) is 0 Å². The van der Waals surface area contributed by atoms with Crippen molar-refractivity contribution in [3.05, 3.63) is 34.4 Å². The van der Waals surface area contributed by atoms with Gasteiger partial charge in [0.1, 0.15) is 0 Å². The molecule has 1 aromatic rings. The topological polar surface area (TPSA) is 12.0 Å². The van der Waals surface area contributed by atoms with Crippen molar-refractivity contribution in [2.24, 2.45) is 0 Å². The van der Waals surface area contributed by atoms with Crippen LogP contribution in [-0.2, 0) is 0 Å². The Morgan fingerprint density at radius 3 is 2.43 bits per heavy atom. The lowest BCUT2D eigenvalue weighted by molar-refractivity contribution is 0.506. The van der Waals surface area contributed by atoms with E-state index in [0.717, 1.165) is 11.8 Å². The summed E-state index contributed by atoms with van der Waals surface area (Å²) in [5.74, 6) is 2.59. The molecule has 0 saturated carbocycles. The first-order chi connectivity index (χ1) is 10.0. The Hall–Kier alpha value is -0.120. The Morgan fingerprint density at radius 1 is 1.10 bits per heavy atom. The molecule has 0 aliphatic carbocycles. The second kappa shape index (κ2) is 7.94. The second-order valence-corrected chi connectivity index (χ2v) is 8.91. The number of hydrogen-bond donors (Lipinski definition) is 1. The maximum Gasteiger partial charge on any atom is 0.0454 e. The Bertz CT molecular complexity index is 473.